The van der Waals surface area contributed by atoms with E-state index in [9.17, 15) is 31.2 Å². The van der Waals surface area contributed by atoms with Crippen LogP contribution in [0, 0.1) is 23.7 Å². The zero-order valence-electron chi connectivity index (χ0n) is 80.5. The van der Waals surface area contributed by atoms with Gasteiger partial charge in [0.1, 0.15) is 5.75 Å². The van der Waals surface area contributed by atoms with Gasteiger partial charge in [-0.05, 0) is 232 Å². The Labute approximate surface area is 905 Å². The minimum Gasteiger partial charge on any atom is -0.423 e. The van der Waals surface area contributed by atoms with Crippen molar-refractivity contribution in [2.24, 2.45) is 23.7 Å². The quantitative estimate of drug-likeness (QED) is 0.0258. The van der Waals surface area contributed by atoms with Gasteiger partial charge in [0.25, 0.3) is 0 Å². The fourth-order valence-corrected chi connectivity index (χ4v) is 30.1. The fourth-order valence-electron chi connectivity index (χ4n) is 19.5. The Bertz CT molecular complexity index is 6410. The summed E-state index contributed by atoms with van der Waals surface area (Å²) in [5, 5.41) is 42.1. The van der Waals surface area contributed by atoms with E-state index in [2.05, 4.69) is 421 Å². The number of carbonyl (C=O) groups excluding carboxylic acids is 2. The minimum atomic E-state index is -5.80. The van der Waals surface area contributed by atoms with Gasteiger partial charge in [0.2, 0.25) is 11.8 Å². The first-order chi connectivity index (χ1) is 71.7. The molecule has 0 unspecified atom stereocenters. The average molecular weight is 2220 g/mol. The third-order valence-corrected chi connectivity index (χ3v) is 38.2. The van der Waals surface area contributed by atoms with Crippen LogP contribution in [0.1, 0.15) is 71.6 Å². The Balaban J connectivity index is 0.000000132. The van der Waals surface area contributed by atoms with Crippen molar-refractivity contribution < 1.29 is 65.8 Å². The van der Waals surface area contributed by atoms with Crippen molar-refractivity contribution in [2.75, 3.05) is 13.1 Å². The number of hydrogen-bond donors (Lipinski definition) is 4. The molecule has 0 radical (unpaired) electrons. The Hall–Kier alpha value is -12.0. The van der Waals surface area contributed by atoms with Crippen molar-refractivity contribution in [3.63, 3.8) is 0 Å². The van der Waals surface area contributed by atoms with E-state index in [0.29, 0.717) is 35.4 Å². The monoisotopic (exact) mass is 2220 g/mol. The zero-order chi connectivity index (χ0) is 102. The first kappa shape index (κ1) is 110. The largest absolute Gasteiger partial charge is 0.534 e. The van der Waals surface area contributed by atoms with Crippen LogP contribution in [0.15, 0.2) is 510 Å². The van der Waals surface area contributed by atoms with E-state index in [1.54, 1.807) is 36.4 Å². The number of hydrogen-bond acceptors (Lipinski definition) is 7. The molecule has 2 heterocycles. The zero-order valence-corrected chi connectivity index (χ0v) is 89.5. The molecule has 2 aliphatic heterocycles. The molecule has 4 fully saturated rings. The molecular weight excluding hydrogens is 2110 g/mol. The van der Waals surface area contributed by atoms with Crippen LogP contribution in [0.2, 0.25) is 20.1 Å². The molecule has 4 aliphatic rings. The van der Waals surface area contributed by atoms with Gasteiger partial charge in [-0.25, -0.2) is 0 Å². The van der Waals surface area contributed by atoms with E-state index < -0.39 is 60.2 Å². The van der Waals surface area contributed by atoms with Gasteiger partial charge in [-0.15, -0.1) is 0 Å². The molecule has 22 rings (SSSR count). The predicted octanol–water partition coefficient (Wildman–Crippen LogP) is 25.1. The van der Waals surface area contributed by atoms with Gasteiger partial charge in [0, 0.05) is 71.5 Å². The van der Waals surface area contributed by atoms with Gasteiger partial charge in [0.05, 0.1) is 0 Å². The van der Waals surface area contributed by atoms with Gasteiger partial charge in [-0.2, -0.15) is 21.6 Å². The fraction of sp³-hybridized carbons (Fsp3) is 0.120. The number of alkyl halides is 3. The molecule has 2 aliphatic carbocycles. The molecule has 748 valence electrons. The summed E-state index contributed by atoms with van der Waals surface area (Å²) < 4.78 is 64.7. The summed E-state index contributed by atoms with van der Waals surface area (Å²) in [6, 6.07) is 174. The van der Waals surface area contributed by atoms with Gasteiger partial charge in [-0.1, -0.05) is 514 Å². The van der Waals surface area contributed by atoms with Crippen LogP contribution >= 0.6 is 78.1 Å². The molecule has 0 spiro atoms. The van der Waals surface area contributed by atoms with E-state index in [1.165, 1.54) is 80.8 Å². The molecule has 4 N–H and O–H groups in total. The van der Waals surface area contributed by atoms with Crippen molar-refractivity contribution in [1.82, 2.24) is 10.6 Å². The number of carbonyl (C=O) groups is 2. The number of halogens is 7. The number of fused-ring (bicyclic) bond motifs is 2. The first-order valence-electron chi connectivity index (χ1n) is 48.6. The van der Waals surface area contributed by atoms with Gasteiger partial charge < -0.3 is 24.9 Å². The second kappa shape index (κ2) is 54.9. The summed E-state index contributed by atoms with van der Waals surface area (Å²) in [6.07, 6.45) is 3.12. The molecule has 148 heavy (non-hydrogen) atoms. The summed E-state index contributed by atoms with van der Waals surface area (Å²) in [6.45, 7) is 1.24. The second-order valence-electron chi connectivity index (χ2n) is 35.5. The molecule has 18 aromatic carbocycles. The van der Waals surface area contributed by atoms with Crippen LogP contribution in [-0.4, -0.2) is 56.0 Å². The molecule has 8 atom stereocenters. The molecule has 9 nitrogen and oxygen atoms in total. The van der Waals surface area contributed by atoms with E-state index in [0.717, 1.165) is 58.3 Å². The Morgan fingerprint density at radius 2 is 0.520 bits per heavy atom. The molecule has 2 saturated heterocycles. The van der Waals surface area contributed by atoms with Crippen molar-refractivity contribution >= 4 is 176 Å². The smallest absolute Gasteiger partial charge is 0.423 e. The maximum atomic E-state index is 12.6. The topological polar surface area (TPSA) is 142 Å². The van der Waals surface area contributed by atoms with Crippen molar-refractivity contribution in [2.45, 2.75) is 54.9 Å². The molecule has 0 aromatic heterocycles. The average Bonchev–Trinajstić information content (AvgIpc) is 1.54. The number of rotatable bonds is 20. The van der Waals surface area contributed by atoms with Crippen LogP contribution in [-0.2, 0) is 40.1 Å². The van der Waals surface area contributed by atoms with Gasteiger partial charge in [-0.3, -0.25) is 9.59 Å². The maximum absolute atomic E-state index is 12.6. The third kappa shape index (κ3) is 29.4. The van der Waals surface area contributed by atoms with Gasteiger partial charge >= 0.3 is 22.7 Å². The van der Waals surface area contributed by atoms with Crippen LogP contribution in [0.5, 0.6) is 5.75 Å². The molecule has 18 aromatic rings. The summed E-state index contributed by atoms with van der Waals surface area (Å²) in [5.41, 5.74) is 1.31. The summed E-state index contributed by atoms with van der Waals surface area (Å²) in [7, 11) is -8.92. The van der Waals surface area contributed by atoms with Crippen LogP contribution in [0.25, 0.3) is 11.1 Å². The Morgan fingerprint density at radius 1 is 0.291 bits per heavy atom. The van der Waals surface area contributed by atoms with Crippen molar-refractivity contribution in [3.05, 3.63) is 552 Å². The van der Waals surface area contributed by atoms with Crippen LogP contribution in [0.3, 0.4) is 0 Å². The van der Waals surface area contributed by atoms with E-state index in [-0.39, 0.29) is 84.6 Å². The van der Waals surface area contributed by atoms with E-state index in [1.807, 2.05) is 48.5 Å². The summed E-state index contributed by atoms with van der Waals surface area (Å²) in [5.74, 6) is 0.224. The van der Waals surface area contributed by atoms with Crippen molar-refractivity contribution in [1.29, 1.82) is 0 Å². The van der Waals surface area contributed by atoms with E-state index >= 15 is 0 Å². The second-order valence-corrected chi connectivity index (χ2v) is 47.6. The molecular formula is C125H108BCl4F3N2O7P4PdS. The number of amides is 2. The van der Waals surface area contributed by atoms with Crippen molar-refractivity contribution in [3.8, 4) is 16.9 Å². The predicted molar refractivity (Wildman–Crippen MR) is 613 cm³/mol. The number of benzene rings is 18. The molecule has 23 heteroatoms. The van der Waals surface area contributed by atoms with Crippen LogP contribution in [0.4, 0.5) is 13.2 Å². The normalized spacial score (nSPS) is 16.8. The summed E-state index contributed by atoms with van der Waals surface area (Å²) in [4.78, 5) is 24.7. The maximum Gasteiger partial charge on any atom is 0.534 e. The van der Waals surface area contributed by atoms with Crippen LogP contribution < -0.4 is 83.9 Å². The molecule has 0 bridgehead atoms. The molecule has 2 amide bonds. The summed E-state index contributed by atoms with van der Waals surface area (Å²) >= 11 is 25.4. The Morgan fingerprint density at radius 3 is 0.750 bits per heavy atom. The number of nitrogens with one attached hydrogen (secondary N) is 2. The van der Waals surface area contributed by atoms with Gasteiger partial charge in [0.15, 0.2) is 0 Å². The molecule has 2 saturated carbocycles. The minimum absolute atomic E-state index is 0. The Kier molecular flexibility index (Phi) is 40.9. The SMILES string of the molecule is O=C1NC[C@H]2[C@@H](c3ccc(Cl)cc3)[C@H](c3ccc(-c4ccccc4)cc3Cl)CC[C@@H]12.O=C1NC[C@H]2[C@@H](c3ccc(Cl)cc3)[C@H](c3ccc(OS(=O)(=O)C(F)(F)F)cc3Cl)CC[C@@H]12.OB(O)c1ccccc1.[Pd].c1ccc(P(c2ccccc2)c2ccccc2)cc1.c1ccc(P(c2ccccc2)c2ccccc2)cc1.c1ccc(P(c2ccccc2)c2ccccc2)cc1.c1ccc(P(c2ccccc2)c2ccccc2)cc1. The third-order valence-electron chi connectivity index (χ3n) is 26.2. The van der Waals surface area contributed by atoms with E-state index in [4.69, 9.17) is 56.5 Å². The standard InChI is InChI=1S/C26H23Cl2NO.C21H18Cl2F3NO4S.4C18H15P.C6H7BO2.Pd/c27-19-9-6-17(7-10-19)25-21(12-13-22-23(25)15-29-26(22)30)20-11-8-18(14-24(20)28)16-4-2-1-3-5-16;22-12-3-1-11(2-4-12)19-15(7-8-16-17(19)10-27-20(16)28)14-6-5-13(9-18(14)23)31-32(29,30)21(24,25)26;4*1-4-10-16(11-5-1)19(17-12-6-2-7-13-17)18-14-8-3-9-15-18;8-7(9)6-4-2-1-3-5-6;/h1-11,14,21-23,25H,12-13,15H2,(H,29,30);1-6,9,15-17,19H,7-8,10H2,(H,27,28);4*1-15H;1-5,8-9H;/t21-,22+,23+,25-;15-,16+,17+,19-;;;;;;/m00....../s1. The first-order valence-corrected chi connectivity index (χ1v) is 56.9.